The third-order valence-electron chi connectivity index (χ3n) is 3.19. The quantitative estimate of drug-likeness (QED) is 0.760. The van der Waals surface area contributed by atoms with E-state index in [0.717, 1.165) is 18.6 Å². The summed E-state index contributed by atoms with van der Waals surface area (Å²) < 4.78 is 0. The maximum absolute atomic E-state index is 5.49. The van der Waals surface area contributed by atoms with Crippen molar-refractivity contribution < 1.29 is 4.84 Å². The van der Waals surface area contributed by atoms with Gasteiger partial charge in [-0.3, -0.25) is 0 Å². The molecule has 2 nitrogen and oxygen atoms in total. The molecule has 0 saturated carbocycles. The highest BCUT2D eigenvalue weighted by Crippen LogP contribution is 2.33. The second-order valence-electron chi connectivity index (χ2n) is 5.28. The van der Waals surface area contributed by atoms with Crippen molar-refractivity contribution >= 4 is 5.71 Å². The van der Waals surface area contributed by atoms with Gasteiger partial charge in [-0.25, -0.2) is 0 Å². The summed E-state index contributed by atoms with van der Waals surface area (Å²) in [5.41, 5.74) is 2.59. The van der Waals surface area contributed by atoms with Gasteiger partial charge in [-0.2, -0.15) is 0 Å². The molecule has 2 rings (SSSR count). The van der Waals surface area contributed by atoms with E-state index < -0.39 is 0 Å². The zero-order valence-corrected chi connectivity index (χ0v) is 10.2. The average molecular weight is 217 g/mol. The van der Waals surface area contributed by atoms with Crippen LogP contribution < -0.4 is 0 Å². The second kappa shape index (κ2) is 4.28. The molecule has 1 aliphatic rings. The van der Waals surface area contributed by atoms with Crippen LogP contribution in [0.5, 0.6) is 0 Å². The first-order chi connectivity index (χ1) is 7.58. The maximum atomic E-state index is 5.49. The van der Waals surface area contributed by atoms with Gasteiger partial charge in [-0.05, 0) is 18.9 Å². The highest BCUT2D eigenvalue weighted by atomic mass is 16.6. The van der Waals surface area contributed by atoms with Gasteiger partial charge >= 0.3 is 0 Å². The van der Waals surface area contributed by atoms with E-state index in [2.05, 4.69) is 49.3 Å². The number of hydrogen-bond donors (Lipinski definition) is 0. The minimum atomic E-state index is 0.128. The Kier molecular flexibility index (Phi) is 2.99. The van der Waals surface area contributed by atoms with Crippen LogP contribution in [0.25, 0.3) is 0 Å². The fraction of sp³-hybridized carbons (Fsp3) is 0.500. The molecule has 0 spiro atoms. The Balaban J connectivity index is 2.03. The van der Waals surface area contributed by atoms with E-state index in [-0.39, 0.29) is 11.5 Å². The number of nitrogens with zero attached hydrogens (tertiary/aromatic N) is 1. The number of benzene rings is 1. The van der Waals surface area contributed by atoms with Crippen LogP contribution in [-0.2, 0) is 11.3 Å². The molecule has 0 fully saturated rings. The molecule has 1 heterocycles. The van der Waals surface area contributed by atoms with Crippen LogP contribution in [0.2, 0.25) is 0 Å². The van der Waals surface area contributed by atoms with Crippen molar-refractivity contribution in [1.82, 2.24) is 0 Å². The molecular weight excluding hydrogens is 198 g/mol. The van der Waals surface area contributed by atoms with E-state index in [0.29, 0.717) is 0 Å². The minimum absolute atomic E-state index is 0.128. The lowest BCUT2D eigenvalue weighted by molar-refractivity contribution is -0.000699. The van der Waals surface area contributed by atoms with Crippen molar-refractivity contribution in [3.63, 3.8) is 0 Å². The predicted octanol–water partition coefficient (Wildman–Crippen LogP) is 3.42. The predicted molar refractivity (Wildman–Crippen MR) is 66.5 cm³/mol. The van der Waals surface area contributed by atoms with E-state index in [4.69, 9.17) is 4.84 Å². The van der Waals surface area contributed by atoms with Gasteiger partial charge in [-0.1, -0.05) is 49.3 Å². The third-order valence-corrected chi connectivity index (χ3v) is 3.19. The van der Waals surface area contributed by atoms with Gasteiger partial charge in [0.2, 0.25) is 0 Å². The van der Waals surface area contributed by atoms with Crippen molar-refractivity contribution in [2.24, 2.45) is 10.6 Å². The fourth-order valence-corrected chi connectivity index (χ4v) is 2.15. The Bertz CT molecular complexity index is 381. The largest absolute Gasteiger partial charge is 0.392 e. The Morgan fingerprint density at radius 3 is 2.56 bits per heavy atom. The summed E-state index contributed by atoms with van der Waals surface area (Å²) in [7, 11) is 0. The Morgan fingerprint density at radius 2 is 2.00 bits per heavy atom. The Morgan fingerprint density at radius 1 is 1.31 bits per heavy atom. The van der Waals surface area contributed by atoms with E-state index in [1.165, 1.54) is 5.56 Å². The summed E-state index contributed by atoms with van der Waals surface area (Å²) in [6.45, 7) is 6.52. The molecule has 0 N–H and O–H groups in total. The van der Waals surface area contributed by atoms with Crippen LogP contribution in [0.3, 0.4) is 0 Å². The van der Waals surface area contributed by atoms with E-state index in [1.54, 1.807) is 0 Å². The topological polar surface area (TPSA) is 21.6 Å². The molecule has 86 valence electrons. The molecule has 1 unspecified atom stereocenters. The van der Waals surface area contributed by atoms with Crippen molar-refractivity contribution in [2.75, 3.05) is 0 Å². The molecule has 0 bridgehead atoms. The van der Waals surface area contributed by atoms with Crippen LogP contribution >= 0.6 is 0 Å². The molecule has 0 aliphatic carbocycles. The zero-order valence-electron chi connectivity index (χ0n) is 10.2. The van der Waals surface area contributed by atoms with Crippen LogP contribution in [0.1, 0.15) is 32.8 Å². The summed E-state index contributed by atoms with van der Waals surface area (Å²) in [6.07, 6.45) is 2.20. The molecule has 0 radical (unpaired) electrons. The average Bonchev–Trinajstić information content (AvgIpc) is 2.66. The number of rotatable bonds is 3. The molecule has 1 aromatic rings. The summed E-state index contributed by atoms with van der Waals surface area (Å²) in [4.78, 5) is 5.49. The SMILES string of the molecule is CC1=NOC(C(C)(C)Cc2ccccc2)C1. The normalized spacial score (nSPS) is 20.4. The smallest absolute Gasteiger partial charge is 0.138 e. The lowest BCUT2D eigenvalue weighted by Crippen LogP contribution is -2.31. The van der Waals surface area contributed by atoms with Crippen molar-refractivity contribution in [1.29, 1.82) is 0 Å². The van der Waals surface area contributed by atoms with Crippen molar-refractivity contribution in [2.45, 2.75) is 39.7 Å². The Labute approximate surface area is 97.3 Å². The van der Waals surface area contributed by atoms with Crippen LogP contribution in [0.15, 0.2) is 35.5 Å². The first kappa shape index (κ1) is 11.2. The number of oxime groups is 1. The Hall–Kier alpha value is -1.31. The summed E-state index contributed by atoms with van der Waals surface area (Å²) in [6, 6.07) is 10.6. The minimum Gasteiger partial charge on any atom is -0.392 e. The molecule has 0 saturated heterocycles. The zero-order chi connectivity index (χ0) is 11.6. The summed E-state index contributed by atoms with van der Waals surface area (Å²) >= 11 is 0. The van der Waals surface area contributed by atoms with Gasteiger partial charge in [0.15, 0.2) is 0 Å². The van der Waals surface area contributed by atoms with Gasteiger partial charge in [0.25, 0.3) is 0 Å². The molecule has 2 heteroatoms. The van der Waals surface area contributed by atoms with Crippen LogP contribution in [0.4, 0.5) is 0 Å². The molecule has 0 aromatic heterocycles. The third kappa shape index (κ3) is 2.43. The van der Waals surface area contributed by atoms with Gasteiger partial charge in [0.1, 0.15) is 6.10 Å². The lowest BCUT2D eigenvalue weighted by Gasteiger charge is -2.29. The van der Waals surface area contributed by atoms with Gasteiger partial charge in [-0.15, -0.1) is 0 Å². The molecule has 16 heavy (non-hydrogen) atoms. The van der Waals surface area contributed by atoms with Gasteiger partial charge in [0, 0.05) is 11.8 Å². The van der Waals surface area contributed by atoms with E-state index in [1.807, 2.05) is 6.92 Å². The maximum Gasteiger partial charge on any atom is 0.138 e. The van der Waals surface area contributed by atoms with Gasteiger partial charge < -0.3 is 4.84 Å². The van der Waals surface area contributed by atoms with Crippen LogP contribution in [0, 0.1) is 5.41 Å². The number of hydrogen-bond acceptors (Lipinski definition) is 2. The highest BCUT2D eigenvalue weighted by molar-refractivity contribution is 5.82. The van der Waals surface area contributed by atoms with Crippen molar-refractivity contribution in [3.05, 3.63) is 35.9 Å². The monoisotopic (exact) mass is 217 g/mol. The molecule has 1 aliphatic heterocycles. The molecule has 1 aromatic carbocycles. The first-order valence-corrected chi connectivity index (χ1v) is 5.81. The lowest BCUT2D eigenvalue weighted by atomic mass is 9.79. The molecular formula is C14H19NO. The summed E-state index contributed by atoms with van der Waals surface area (Å²) in [5, 5.41) is 4.04. The first-order valence-electron chi connectivity index (χ1n) is 5.81. The molecule has 0 amide bonds. The summed E-state index contributed by atoms with van der Waals surface area (Å²) in [5.74, 6) is 0. The van der Waals surface area contributed by atoms with E-state index >= 15 is 0 Å². The standard InChI is InChI=1S/C14H19NO/c1-11-9-13(16-15-11)14(2,3)10-12-7-5-4-6-8-12/h4-8,13H,9-10H2,1-3H3. The molecule has 1 atom stereocenters. The second-order valence-corrected chi connectivity index (χ2v) is 5.28. The van der Waals surface area contributed by atoms with E-state index in [9.17, 15) is 0 Å². The van der Waals surface area contributed by atoms with Gasteiger partial charge in [0.05, 0.1) is 5.71 Å². The van der Waals surface area contributed by atoms with Crippen LogP contribution in [-0.4, -0.2) is 11.8 Å². The highest BCUT2D eigenvalue weighted by Gasteiger charge is 2.35. The fourth-order valence-electron chi connectivity index (χ4n) is 2.15. The van der Waals surface area contributed by atoms with Crippen molar-refractivity contribution in [3.8, 4) is 0 Å².